The summed E-state index contributed by atoms with van der Waals surface area (Å²) in [6.07, 6.45) is 3.64. The smallest absolute Gasteiger partial charge is 0.0612 e. The van der Waals surface area contributed by atoms with Crippen LogP contribution < -0.4 is 5.32 Å². The molecule has 0 radical (unpaired) electrons. The molecule has 4 heteroatoms. The van der Waals surface area contributed by atoms with Gasteiger partial charge in [0.15, 0.2) is 0 Å². The molecule has 94 valence electrons. The van der Waals surface area contributed by atoms with E-state index in [1.807, 2.05) is 18.2 Å². The zero-order chi connectivity index (χ0) is 12.3. The van der Waals surface area contributed by atoms with E-state index < -0.39 is 0 Å². The highest BCUT2D eigenvalue weighted by Crippen LogP contribution is 2.26. The summed E-state index contributed by atoms with van der Waals surface area (Å²) >= 11 is 11.9. The van der Waals surface area contributed by atoms with Gasteiger partial charge < -0.3 is 10.2 Å². The summed E-state index contributed by atoms with van der Waals surface area (Å²) in [5, 5.41) is 4.76. The average Bonchev–Trinajstić information content (AvgIpc) is 2.49. The molecule has 1 unspecified atom stereocenters. The minimum atomic E-state index is 0.539. The molecule has 0 spiro atoms. The Kier molecular flexibility index (Phi) is 4.55. The third-order valence-corrected chi connectivity index (χ3v) is 3.98. The molecule has 1 aromatic rings. The molecule has 1 aromatic carbocycles. The lowest BCUT2D eigenvalue weighted by atomic mass is 10.1. The fourth-order valence-electron chi connectivity index (χ4n) is 2.21. The first-order valence-corrected chi connectivity index (χ1v) is 6.81. The number of nitrogens with one attached hydrogen (secondary N) is 1. The Morgan fingerprint density at radius 1 is 1.18 bits per heavy atom. The maximum absolute atomic E-state index is 6.01. The summed E-state index contributed by atoms with van der Waals surface area (Å²) in [6.45, 7) is 2.35. The number of anilines is 1. The normalized spacial score (nSPS) is 22.2. The van der Waals surface area contributed by atoms with E-state index in [0.717, 1.165) is 12.2 Å². The standard InChI is InChI=1S/C13H18Cl2N2/c1-17-7-2-3-10(6-8-17)16-11-4-5-12(14)13(15)9-11/h4-5,9-10,16H,2-3,6-8H2,1H3. The van der Waals surface area contributed by atoms with E-state index in [1.54, 1.807) is 0 Å². The summed E-state index contributed by atoms with van der Waals surface area (Å²) < 4.78 is 0. The van der Waals surface area contributed by atoms with E-state index >= 15 is 0 Å². The van der Waals surface area contributed by atoms with Crippen LogP contribution in [0.2, 0.25) is 10.0 Å². The monoisotopic (exact) mass is 272 g/mol. The van der Waals surface area contributed by atoms with Gasteiger partial charge in [0.1, 0.15) is 0 Å². The molecule has 1 aliphatic heterocycles. The molecule has 1 heterocycles. The topological polar surface area (TPSA) is 15.3 Å². The van der Waals surface area contributed by atoms with Gasteiger partial charge in [-0.15, -0.1) is 0 Å². The lowest BCUT2D eigenvalue weighted by Crippen LogP contribution is -2.22. The second-order valence-electron chi connectivity index (χ2n) is 4.70. The van der Waals surface area contributed by atoms with Crippen LogP contribution in [0.3, 0.4) is 0 Å². The number of hydrogen-bond donors (Lipinski definition) is 1. The Balaban J connectivity index is 1.97. The van der Waals surface area contributed by atoms with E-state index in [2.05, 4.69) is 17.3 Å². The third-order valence-electron chi connectivity index (χ3n) is 3.24. The van der Waals surface area contributed by atoms with E-state index in [4.69, 9.17) is 23.2 Å². The highest BCUT2D eigenvalue weighted by Gasteiger charge is 2.14. The molecule has 0 amide bonds. The minimum Gasteiger partial charge on any atom is -0.382 e. The van der Waals surface area contributed by atoms with Crippen molar-refractivity contribution in [2.24, 2.45) is 0 Å². The SMILES string of the molecule is CN1CCCC(Nc2ccc(Cl)c(Cl)c2)CC1. The van der Waals surface area contributed by atoms with Crippen LogP contribution in [0.15, 0.2) is 18.2 Å². The van der Waals surface area contributed by atoms with Gasteiger partial charge in [0, 0.05) is 11.7 Å². The molecule has 0 bridgehead atoms. The molecule has 0 aromatic heterocycles. The molecule has 1 atom stereocenters. The quantitative estimate of drug-likeness (QED) is 0.879. The highest BCUT2D eigenvalue weighted by molar-refractivity contribution is 6.42. The first-order chi connectivity index (χ1) is 8.15. The van der Waals surface area contributed by atoms with Crippen LogP contribution in [-0.4, -0.2) is 31.1 Å². The van der Waals surface area contributed by atoms with Gasteiger partial charge in [0.05, 0.1) is 10.0 Å². The van der Waals surface area contributed by atoms with Crippen molar-refractivity contribution in [2.45, 2.75) is 25.3 Å². The van der Waals surface area contributed by atoms with Crippen molar-refractivity contribution < 1.29 is 0 Å². The lowest BCUT2D eigenvalue weighted by molar-refractivity contribution is 0.348. The maximum Gasteiger partial charge on any atom is 0.0612 e. The Morgan fingerprint density at radius 2 is 2.00 bits per heavy atom. The second kappa shape index (κ2) is 5.94. The molecule has 0 aliphatic carbocycles. The number of hydrogen-bond acceptors (Lipinski definition) is 2. The fourth-order valence-corrected chi connectivity index (χ4v) is 2.50. The highest BCUT2D eigenvalue weighted by atomic mass is 35.5. The maximum atomic E-state index is 6.01. The van der Waals surface area contributed by atoms with Gasteiger partial charge >= 0.3 is 0 Å². The molecular formula is C13H18Cl2N2. The Hall–Kier alpha value is -0.440. The van der Waals surface area contributed by atoms with Gasteiger partial charge in [-0.25, -0.2) is 0 Å². The van der Waals surface area contributed by atoms with Crippen molar-refractivity contribution in [3.8, 4) is 0 Å². The Morgan fingerprint density at radius 3 is 2.76 bits per heavy atom. The van der Waals surface area contributed by atoms with Crippen molar-refractivity contribution in [3.63, 3.8) is 0 Å². The summed E-state index contributed by atoms with van der Waals surface area (Å²) in [7, 11) is 2.18. The van der Waals surface area contributed by atoms with Crippen molar-refractivity contribution in [1.82, 2.24) is 4.90 Å². The van der Waals surface area contributed by atoms with Crippen LogP contribution in [0.5, 0.6) is 0 Å². The first-order valence-electron chi connectivity index (χ1n) is 6.05. The van der Waals surface area contributed by atoms with Crippen molar-refractivity contribution in [2.75, 3.05) is 25.5 Å². The summed E-state index contributed by atoms with van der Waals surface area (Å²) in [5.41, 5.74) is 1.06. The van der Waals surface area contributed by atoms with Gasteiger partial charge in [-0.1, -0.05) is 23.2 Å². The summed E-state index contributed by atoms with van der Waals surface area (Å²) in [6, 6.07) is 6.27. The first kappa shape index (κ1) is 13.0. The van der Waals surface area contributed by atoms with Gasteiger partial charge in [0.2, 0.25) is 0 Å². The number of rotatable bonds is 2. The average molecular weight is 273 g/mol. The zero-order valence-electron chi connectivity index (χ0n) is 10.0. The van der Waals surface area contributed by atoms with Crippen LogP contribution >= 0.6 is 23.2 Å². The van der Waals surface area contributed by atoms with Crippen LogP contribution in [-0.2, 0) is 0 Å². The van der Waals surface area contributed by atoms with Gasteiger partial charge in [-0.3, -0.25) is 0 Å². The molecule has 1 saturated heterocycles. The van der Waals surface area contributed by atoms with Gasteiger partial charge in [-0.05, 0) is 57.6 Å². The predicted octanol–water partition coefficient (Wildman–Crippen LogP) is 3.89. The third kappa shape index (κ3) is 3.77. The van der Waals surface area contributed by atoms with Crippen LogP contribution in [0.1, 0.15) is 19.3 Å². The number of nitrogens with zero attached hydrogens (tertiary/aromatic N) is 1. The largest absolute Gasteiger partial charge is 0.382 e. The van der Waals surface area contributed by atoms with Crippen molar-refractivity contribution in [3.05, 3.63) is 28.2 Å². The Labute approximate surface area is 113 Å². The van der Waals surface area contributed by atoms with Crippen molar-refractivity contribution in [1.29, 1.82) is 0 Å². The van der Waals surface area contributed by atoms with E-state index in [0.29, 0.717) is 16.1 Å². The molecule has 1 fully saturated rings. The van der Waals surface area contributed by atoms with Gasteiger partial charge in [-0.2, -0.15) is 0 Å². The number of likely N-dealkylation sites (tertiary alicyclic amines) is 1. The molecular weight excluding hydrogens is 255 g/mol. The zero-order valence-corrected chi connectivity index (χ0v) is 11.6. The number of halogens is 2. The van der Waals surface area contributed by atoms with Crippen LogP contribution in [0, 0.1) is 0 Å². The van der Waals surface area contributed by atoms with Gasteiger partial charge in [0.25, 0.3) is 0 Å². The molecule has 1 aliphatic rings. The number of benzene rings is 1. The van der Waals surface area contributed by atoms with Crippen molar-refractivity contribution >= 4 is 28.9 Å². The molecule has 17 heavy (non-hydrogen) atoms. The molecule has 1 N–H and O–H groups in total. The Bertz CT molecular complexity index is 382. The minimum absolute atomic E-state index is 0.539. The summed E-state index contributed by atoms with van der Waals surface area (Å²) in [5.74, 6) is 0. The summed E-state index contributed by atoms with van der Waals surface area (Å²) in [4.78, 5) is 2.39. The molecule has 0 saturated carbocycles. The van der Waals surface area contributed by atoms with Crippen LogP contribution in [0.25, 0.3) is 0 Å². The second-order valence-corrected chi connectivity index (χ2v) is 5.52. The van der Waals surface area contributed by atoms with Crippen LogP contribution in [0.4, 0.5) is 5.69 Å². The molecule has 2 rings (SSSR count). The predicted molar refractivity (Wildman–Crippen MR) is 75.2 cm³/mol. The van der Waals surface area contributed by atoms with E-state index in [-0.39, 0.29) is 0 Å². The fraction of sp³-hybridized carbons (Fsp3) is 0.538. The van der Waals surface area contributed by atoms with E-state index in [1.165, 1.54) is 25.8 Å². The molecule has 2 nitrogen and oxygen atoms in total. The van der Waals surface area contributed by atoms with E-state index in [9.17, 15) is 0 Å². The lowest BCUT2D eigenvalue weighted by Gasteiger charge is -2.18.